The van der Waals surface area contributed by atoms with Crippen molar-refractivity contribution in [2.45, 2.75) is 44.6 Å². The first kappa shape index (κ1) is 23.6. The Morgan fingerprint density at radius 3 is 2.53 bits per heavy atom. The van der Waals surface area contributed by atoms with E-state index in [1.165, 1.54) is 12.0 Å². The largest absolute Gasteiger partial charge is 0.497 e. The van der Waals surface area contributed by atoms with E-state index in [9.17, 15) is 22.8 Å². The molecule has 1 aromatic carbocycles. The van der Waals surface area contributed by atoms with Gasteiger partial charge in [-0.1, -0.05) is 12.1 Å². The van der Waals surface area contributed by atoms with Crippen molar-refractivity contribution in [2.75, 3.05) is 25.2 Å². The van der Waals surface area contributed by atoms with E-state index in [1.54, 1.807) is 31.2 Å². The van der Waals surface area contributed by atoms with Gasteiger partial charge >= 0.3 is 12.1 Å². The van der Waals surface area contributed by atoms with Crippen LogP contribution in [0.4, 0.5) is 18.9 Å². The predicted molar refractivity (Wildman–Crippen MR) is 109 cm³/mol. The van der Waals surface area contributed by atoms with Crippen LogP contribution in [0.25, 0.3) is 0 Å². The number of carbonyl (C=O) groups is 1. The maximum Gasteiger partial charge on any atom is 0.423 e. The van der Waals surface area contributed by atoms with Gasteiger partial charge in [-0.05, 0) is 31.0 Å². The average molecular weight is 455 g/mol. The number of benzene rings is 1. The molecule has 0 radical (unpaired) electrons. The molecule has 1 saturated heterocycles. The number of rotatable bonds is 9. The zero-order valence-corrected chi connectivity index (χ0v) is 17.6. The summed E-state index contributed by atoms with van der Waals surface area (Å²) in [5.74, 6) is -0.435. The van der Waals surface area contributed by atoms with Crippen LogP contribution >= 0.6 is 0 Å². The summed E-state index contributed by atoms with van der Waals surface area (Å²) in [6.07, 6.45) is -3.96. The highest BCUT2D eigenvalue weighted by atomic mass is 19.4. The van der Waals surface area contributed by atoms with Crippen molar-refractivity contribution in [3.63, 3.8) is 0 Å². The second kappa shape index (κ2) is 9.60. The van der Waals surface area contributed by atoms with Crippen LogP contribution in [0, 0.1) is 0 Å². The normalized spacial score (nSPS) is 17.0. The Kier molecular flexibility index (Phi) is 7.07. The highest BCUT2D eigenvalue weighted by molar-refractivity contribution is 5.66. The van der Waals surface area contributed by atoms with Crippen molar-refractivity contribution in [2.24, 2.45) is 0 Å². The molecule has 1 N–H and O–H groups in total. The average Bonchev–Trinajstić information content (AvgIpc) is 2.68. The van der Waals surface area contributed by atoms with E-state index in [0.29, 0.717) is 24.3 Å². The third-order valence-electron chi connectivity index (χ3n) is 5.41. The predicted octanol–water partition coefficient (Wildman–Crippen LogP) is 2.78. The molecule has 2 heterocycles. The van der Waals surface area contributed by atoms with E-state index in [4.69, 9.17) is 14.6 Å². The molecule has 8 nitrogen and oxygen atoms in total. The fourth-order valence-electron chi connectivity index (χ4n) is 3.62. The zero-order valence-electron chi connectivity index (χ0n) is 17.6. The van der Waals surface area contributed by atoms with Crippen molar-refractivity contribution < 1.29 is 32.5 Å². The Morgan fingerprint density at radius 2 is 2.00 bits per heavy atom. The van der Waals surface area contributed by atoms with Gasteiger partial charge in [-0.3, -0.25) is 9.59 Å². The minimum absolute atomic E-state index is 0.0470. The second-order valence-electron chi connectivity index (χ2n) is 7.48. The second-order valence-corrected chi connectivity index (χ2v) is 7.48. The number of aromatic nitrogens is 2. The molecule has 0 amide bonds. The first-order valence-electron chi connectivity index (χ1n) is 10.0. The lowest BCUT2D eigenvalue weighted by Gasteiger charge is -2.46. The fourth-order valence-corrected chi connectivity index (χ4v) is 3.62. The molecule has 2 atom stereocenters. The Bertz CT molecular complexity index is 1010. The van der Waals surface area contributed by atoms with Gasteiger partial charge < -0.3 is 19.5 Å². The minimum atomic E-state index is -4.87. The van der Waals surface area contributed by atoms with E-state index in [0.717, 1.165) is 10.9 Å². The molecule has 3 rings (SSSR count). The molecule has 174 valence electrons. The molecule has 1 fully saturated rings. The summed E-state index contributed by atoms with van der Waals surface area (Å²) in [6.45, 7) is 1.81. The van der Waals surface area contributed by atoms with Gasteiger partial charge in [0.15, 0.2) is 0 Å². The number of hydrogen-bond acceptors (Lipinski definition) is 6. The number of methoxy groups -OCH3 is 1. The Labute approximate surface area is 182 Å². The van der Waals surface area contributed by atoms with Gasteiger partial charge in [0.1, 0.15) is 11.3 Å². The van der Waals surface area contributed by atoms with Crippen LogP contribution in [0.3, 0.4) is 0 Å². The van der Waals surface area contributed by atoms with Crippen LogP contribution in [0.2, 0.25) is 0 Å². The summed E-state index contributed by atoms with van der Waals surface area (Å²) in [7, 11) is 1.50. The van der Waals surface area contributed by atoms with Crippen molar-refractivity contribution in [3.8, 4) is 5.75 Å². The Balaban J connectivity index is 1.86. The van der Waals surface area contributed by atoms with Gasteiger partial charge in [-0.2, -0.15) is 18.3 Å². The molecule has 1 aliphatic heterocycles. The summed E-state index contributed by atoms with van der Waals surface area (Å²) in [5.41, 5.74) is -2.19. The van der Waals surface area contributed by atoms with E-state index in [1.807, 2.05) is 0 Å². The molecule has 0 bridgehead atoms. The SMILES string of the molecule is COc1ccc(Cn2ncc(N3CC[C@@H]3C(C)OCCC(=O)O)c(C(F)(F)F)c2=O)cc1. The molecule has 2 aromatic rings. The molecule has 0 aliphatic carbocycles. The molecule has 32 heavy (non-hydrogen) atoms. The molecule has 1 unspecified atom stereocenters. The Hall–Kier alpha value is -3.08. The number of carboxylic acid groups (broad SMARTS) is 1. The number of ether oxygens (including phenoxy) is 2. The number of anilines is 1. The van der Waals surface area contributed by atoms with E-state index in [2.05, 4.69) is 5.10 Å². The highest BCUT2D eigenvalue weighted by Crippen LogP contribution is 2.38. The highest BCUT2D eigenvalue weighted by Gasteiger charge is 2.43. The lowest BCUT2D eigenvalue weighted by molar-refractivity contribution is -0.140. The first-order valence-corrected chi connectivity index (χ1v) is 10.0. The molecule has 11 heteroatoms. The molecule has 1 aliphatic rings. The van der Waals surface area contributed by atoms with Crippen LogP contribution < -0.4 is 15.2 Å². The van der Waals surface area contributed by atoms with Crippen molar-refractivity contribution in [1.82, 2.24) is 9.78 Å². The van der Waals surface area contributed by atoms with Gasteiger partial charge in [0.05, 0.1) is 50.7 Å². The third kappa shape index (κ3) is 5.21. The summed E-state index contributed by atoms with van der Waals surface area (Å²) in [6, 6.07) is 6.18. The van der Waals surface area contributed by atoms with Crippen molar-refractivity contribution in [1.29, 1.82) is 0 Å². The number of alkyl halides is 3. The minimum Gasteiger partial charge on any atom is -0.497 e. The van der Waals surface area contributed by atoms with Gasteiger partial charge in [-0.15, -0.1) is 0 Å². The quantitative estimate of drug-likeness (QED) is 0.622. The molecular weight excluding hydrogens is 431 g/mol. The standard InChI is InChI=1S/C21H24F3N3O5/c1-13(32-10-8-18(28)29)16-7-9-26(16)17-11-25-27(20(30)19(17)21(22,23)24)12-14-3-5-15(31-2)6-4-14/h3-6,11,13,16H,7-10,12H2,1-2H3,(H,28,29)/t13?,16-/m1/s1. The summed E-state index contributed by atoms with van der Waals surface area (Å²) in [5, 5.41) is 12.7. The van der Waals surface area contributed by atoms with Crippen LogP contribution in [-0.4, -0.2) is 53.3 Å². The third-order valence-corrected chi connectivity index (χ3v) is 5.41. The maximum absolute atomic E-state index is 13.9. The van der Waals surface area contributed by atoms with Crippen molar-refractivity contribution >= 4 is 11.7 Å². The van der Waals surface area contributed by atoms with Crippen molar-refractivity contribution in [3.05, 3.63) is 51.9 Å². The number of aliphatic carboxylic acids is 1. The monoisotopic (exact) mass is 455 g/mol. The number of carboxylic acids is 1. The van der Waals surface area contributed by atoms with Gasteiger partial charge in [0.2, 0.25) is 0 Å². The van der Waals surface area contributed by atoms with Crippen LogP contribution in [0.15, 0.2) is 35.3 Å². The maximum atomic E-state index is 13.9. The van der Waals surface area contributed by atoms with Gasteiger partial charge in [-0.25, -0.2) is 4.68 Å². The lowest BCUT2D eigenvalue weighted by atomic mass is 9.96. The van der Waals surface area contributed by atoms with Gasteiger partial charge in [0, 0.05) is 6.54 Å². The lowest BCUT2D eigenvalue weighted by Crippen LogP contribution is -2.55. The molecular formula is C21H24F3N3O5. The Morgan fingerprint density at radius 1 is 1.31 bits per heavy atom. The zero-order chi connectivity index (χ0) is 23.5. The summed E-state index contributed by atoms with van der Waals surface area (Å²) < 4.78 is 53.0. The van der Waals surface area contributed by atoms with Crippen LogP contribution in [-0.2, 0) is 22.3 Å². The van der Waals surface area contributed by atoms with Gasteiger partial charge in [0.25, 0.3) is 5.56 Å². The number of halogens is 3. The number of nitrogens with zero attached hydrogens (tertiary/aromatic N) is 3. The van der Waals surface area contributed by atoms with Crippen LogP contribution in [0.1, 0.15) is 30.9 Å². The molecule has 0 saturated carbocycles. The van der Waals surface area contributed by atoms with E-state index >= 15 is 0 Å². The first-order chi connectivity index (χ1) is 15.1. The fraction of sp³-hybridized carbons (Fsp3) is 0.476. The van der Waals surface area contributed by atoms with E-state index in [-0.39, 0.29) is 25.3 Å². The molecule has 0 spiro atoms. The topological polar surface area (TPSA) is 93.9 Å². The summed E-state index contributed by atoms with van der Waals surface area (Å²) in [4.78, 5) is 24.8. The van der Waals surface area contributed by atoms with Crippen LogP contribution in [0.5, 0.6) is 5.75 Å². The summed E-state index contributed by atoms with van der Waals surface area (Å²) >= 11 is 0. The molecule has 1 aromatic heterocycles. The van der Waals surface area contributed by atoms with E-state index < -0.39 is 35.4 Å². The number of hydrogen-bond donors (Lipinski definition) is 1. The smallest absolute Gasteiger partial charge is 0.423 e.